The van der Waals surface area contributed by atoms with Gasteiger partial charge in [-0.1, -0.05) is 0 Å². The van der Waals surface area contributed by atoms with Crippen molar-refractivity contribution in [2.24, 2.45) is 0 Å². The number of rotatable bonds is 5. The van der Waals surface area contributed by atoms with Gasteiger partial charge in [0.2, 0.25) is 0 Å². The molecule has 0 aromatic carbocycles. The van der Waals surface area contributed by atoms with Gasteiger partial charge in [-0.25, -0.2) is 0 Å². The smallest absolute Gasteiger partial charge is 0.305 e. The van der Waals surface area contributed by atoms with E-state index in [1.165, 1.54) is 0 Å². The minimum atomic E-state index is -0.839. The molecule has 0 atom stereocenters. The quantitative estimate of drug-likeness (QED) is 0.724. The molecule has 0 aliphatic heterocycles. The van der Waals surface area contributed by atoms with Crippen LogP contribution in [0, 0.1) is 0 Å². The molecule has 0 aliphatic rings. The molecule has 88 valence electrons. The van der Waals surface area contributed by atoms with Gasteiger partial charge in [-0.3, -0.25) is 4.79 Å². The van der Waals surface area contributed by atoms with Crippen LogP contribution in [0.3, 0.4) is 0 Å². The summed E-state index contributed by atoms with van der Waals surface area (Å²) in [6, 6.07) is 5.51. The molecule has 2 aromatic rings. The van der Waals surface area contributed by atoms with Gasteiger partial charge in [0.15, 0.2) is 0 Å². The van der Waals surface area contributed by atoms with Crippen LogP contribution >= 0.6 is 0 Å². The zero-order valence-corrected chi connectivity index (χ0v) is 9.05. The van der Waals surface area contributed by atoms with E-state index in [1.54, 1.807) is 6.07 Å². The first-order valence-electron chi connectivity index (χ1n) is 5.18. The van der Waals surface area contributed by atoms with Crippen molar-refractivity contribution in [3.05, 3.63) is 30.6 Å². The number of carboxylic acid groups (broad SMARTS) is 1. The molecule has 0 unspecified atom stereocenters. The first kappa shape index (κ1) is 11.1. The molecule has 0 fully saturated rings. The summed E-state index contributed by atoms with van der Waals surface area (Å²) in [4.78, 5) is 13.3. The monoisotopic (exact) mass is 232 g/mol. The number of nitrogens with one attached hydrogen (secondary N) is 2. The lowest BCUT2D eigenvalue weighted by molar-refractivity contribution is -0.136. The molecule has 0 aliphatic carbocycles. The Bertz CT molecular complexity index is 479. The van der Waals surface area contributed by atoms with Gasteiger partial charge in [0.25, 0.3) is 0 Å². The molecule has 3 N–H and O–H groups in total. The SMILES string of the molecule is O=C(O)CCNc1ccc(-c2cc[nH]c2)nn1. The van der Waals surface area contributed by atoms with Crippen molar-refractivity contribution >= 4 is 11.8 Å². The zero-order valence-electron chi connectivity index (χ0n) is 9.05. The van der Waals surface area contributed by atoms with Gasteiger partial charge in [-0.05, 0) is 18.2 Å². The van der Waals surface area contributed by atoms with E-state index in [9.17, 15) is 4.79 Å². The highest BCUT2D eigenvalue weighted by Gasteiger charge is 2.01. The summed E-state index contributed by atoms with van der Waals surface area (Å²) >= 11 is 0. The van der Waals surface area contributed by atoms with Crippen LogP contribution in [-0.4, -0.2) is 32.8 Å². The number of aromatic amines is 1. The molecular weight excluding hydrogens is 220 g/mol. The van der Waals surface area contributed by atoms with E-state index in [0.717, 1.165) is 11.3 Å². The van der Waals surface area contributed by atoms with Crippen LogP contribution in [0.25, 0.3) is 11.3 Å². The number of H-pyrrole nitrogens is 1. The van der Waals surface area contributed by atoms with Gasteiger partial charge in [-0.2, -0.15) is 0 Å². The van der Waals surface area contributed by atoms with E-state index in [-0.39, 0.29) is 6.42 Å². The maximum atomic E-state index is 10.3. The summed E-state index contributed by atoms with van der Waals surface area (Å²) in [6.45, 7) is 0.341. The average Bonchev–Trinajstić information content (AvgIpc) is 2.83. The van der Waals surface area contributed by atoms with E-state index in [4.69, 9.17) is 5.11 Å². The Kier molecular flexibility index (Phi) is 3.34. The molecule has 0 amide bonds. The van der Waals surface area contributed by atoms with Crippen molar-refractivity contribution in [2.45, 2.75) is 6.42 Å². The molecule has 6 heteroatoms. The van der Waals surface area contributed by atoms with Crippen molar-refractivity contribution < 1.29 is 9.90 Å². The van der Waals surface area contributed by atoms with Crippen LogP contribution in [0.2, 0.25) is 0 Å². The second kappa shape index (κ2) is 5.11. The maximum Gasteiger partial charge on any atom is 0.305 e. The highest BCUT2D eigenvalue weighted by molar-refractivity contribution is 5.67. The Morgan fingerprint density at radius 1 is 1.35 bits per heavy atom. The first-order valence-corrected chi connectivity index (χ1v) is 5.18. The number of anilines is 1. The summed E-state index contributed by atoms with van der Waals surface area (Å²) in [7, 11) is 0. The molecule has 2 heterocycles. The molecular formula is C11H12N4O2. The van der Waals surface area contributed by atoms with E-state index in [0.29, 0.717) is 12.4 Å². The Hall–Kier alpha value is -2.37. The number of carboxylic acids is 1. The number of aromatic nitrogens is 3. The molecule has 0 saturated heterocycles. The lowest BCUT2D eigenvalue weighted by atomic mass is 10.2. The second-order valence-electron chi connectivity index (χ2n) is 3.47. The van der Waals surface area contributed by atoms with Gasteiger partial charge in [-0.15, -0.1) is 10.2 Å². The third-order valence-corrected chi connectivity index (χ3v) is 2.20. The van der Waals surface area contributed by atoms with Crippen LogP contribution in [0.1, 0.15) is 6.42 Å². The van der Waals surface area contributed by atoms with E-state index >= 15 is 0 Å². The summed E-state index contributed by atoms with van der Waals surface area (Å²) < 4.78 is 0. The summed E-state index contributed by atoms with van der Waals surface area (Å²) in [5.74, 6) is -0.264. The van der Waals surface area contributed by atoms with Gasteiger partial charge in [0.05, 0.1) is 12.1 Å². The minimum absolute atomic E-state index is 0.0568. The molecule has 6 nitrogen and oxygen atoms in total. The third-order valence-electron chi connectivity index (χ3n) is 2.20. The maximum absolute atomic E-state index is 10.3. The molecule has 17 heavy (non-hydrogen) atoms. The molecule has 0 saturated carbocycles. The van der Waals surface area contributed by atoms with Gasteiger partial charge < -0.3 is 15.4 Å². The van der Waals surface area contributed by atoms with Gasteiger partial charge in [0, 0.05) is 24.5 Å². The number of hydrogen-bond acceptors (Lipinski definition) is 4. The number of hydrogen-bond donors (Lipinski definition) is 3. The number of carbonyl (C=O) groups is 1. The van der Waals surface area contributed by atoms with Gasteiger partial charge >= 0.3 is 5.97 Å². The van der Waals surface area contributed by atoms with E-state index < -0.39 is 5.97 Å². The largest absolute Gasteiger partial charge is 0.481 e. The van der Waals surface area contributed by atoms with Crippen molar-refractivity contribution in [1.29, 1.82) is 0 Å². The van der Waals surface area contributed by atoms with Crippen LogP contribution in [0.15, 0.2) is 30.6 Å². The van der Waals surface area contributed by atoms with Crippen molar-refractivity contribution in [1.82, 2.24) is 15.2 Å². The van der Waals surface area contributed by atoms with E-state index in [1.807, 2.05) is 24.5 Å². The molecule has 0 radical (unpaired) electrons. The Morgan fingerprint density at radius 3 is 2.82 bits per heavy atom. The molecule has 0 spiro atoms. The minimum Gasteiger partial charge on any atom is -0.481 e. The van der Waals surface area contributed by atoms with Crippen molar-refractivity contribution in [3.8, 4) is 11.3 Å². The van der Waals surface area contributed by atoms with Gasteiger partial charge in [0.1, 0.15) is 5.82 Å². The van der Waals surface area contributed by atoms with Crippen LogP contribution < -0.4 is 5.32 Å². The topological polar surface area (TPSA) is 90.9 Å². The molecule has 2 rings (SSSR count). The fourth-order valence-electron chi connectivity index (χ4n) is 1.36. The Balaban J connectivity index is 1.96. The first-order chi connectivity index (χ1) is 8.25. The standard InChI is InChI=1S/C11H12N4O2/c16-11(17)4-6-13-10-2-1-9(14-15-10)8-3-5-12-7-8/h1-3,5,7,12H,4,6H2,(H,13,15)(H,16,17). The van der Waals surface area contributed by atoms with Crippen LogP contribution in [-0.2, 0) is 4.79 Å². The fraction of sp³-hybridized carbons (Fsp3) is 0.182. The van der Waals surface area contributed by atoms with E-state index in [2.05, 4.69) is 20.5 Å². The summed E-state index contributed by atoms with van der Waals surface area (Å²) in [5, 5.41) is 19.4. The molecule has 0 bridgehead atoms. The predicted molar refractivity (Wildman–Crippen MR) is 62.6 cm³/mol. The van der Waals surface area contributed by atoms with Crippen LogP contribution in [0.4, 0.5) is 5.82 Å². The third kappa shape index (κ3) is 3.04. The zero-order chi connectivity index (χ0) is 12.1. The van der Waals surface area contributed by atoms with Crippen molar-refractivity contribution in [2.75, 3.05) is 11.9 Å². The highest BCUT2D eigenvalue weighted by atomic mass is 16.4. The molecule has 2 aromatic heterocycles. The average molecular weight is 232 g/mol. The Labute approximate surface area is 97.7 Å². The Morgan fingerprint density at radius 2 is 2.24 bits per heavy atom. The lowest BCUT2D eigenvalue weighted by Gasteiger charge is -2.03. The number of nitrogens with zero attached hydrogens (tertiary/aromatic N) is 2. The fourth-order valence-corrected chi connectivity index (χ4v) is 1.36. The predicted octanol–water partition coefficient (Wildman–Crippen LogP) is 1.36. The van der Waals surface area contributed by atoms with Crippen LogP contribution in [0.5, 0.6) is 0 Å². The second-order valence-corrected chi connectivity index (χ2v) is 3.47. The summed E-state index contributed by atoms with van der Waals surface area (Å²) in [6.07, 6.45) is 3.71. The normalized spacial score (nSPS) is 10.1. The summed E-state index contributed by atoms with van der Waals surface area (Å²) in [5.41, 5.74) is 1.74. The number of aliphatic carboxylic acids is 1. The highest BCUT2D eigenvalue weighted by Crippen LogP contribution is 2.15. The lowest BCUT2D eigenvalue weighted by Crippen LogP contribution is -2.08. The van der Waals surface area contributed by atoms with Crippen molar-refractivity contribution in [3.63, 3.8) is 0 Å².